The molecule has 0 amide bonds. The van der Waals surface area contributed by atoms with E-state index < -0.39 is 0 Å². The molecule has 66 valence electrons. The van der Waals surface area contributed by atoms with E-state index in [1.54, 1.807) is 0 Å². The van der Waals surface area contributed by atoms with Gasteiger partial charge in [-0.25, -0.2) is 0 Å². The van der Waals surface area contributed by atoms with Crippen molar-refractivity contribution in [1.29, 1.82) is 0 Å². The van der Waals surface area contributed by atoms with Gasteiger partial charge in [-0.1, -0.05) is 0 Å². The number of benzene rings is 1. The van der Waals surface area contributed by atoms with Crippen molar-refractivity contribution in [2.24, 2.45) is 4.99 Å². The van der Waals surface area contributed by atoms with Gasteiger partial charge >= 0.3 is 0 Å². The van der Waals surface area contributed by atoms with E-state index in [0.717, 1.165) is 25.1 Å². The molecule has 0 spiro atoms. The summed E-state index contributed by atoms with van der Waals surface area (Å²) in [4.78, 5) is 16.6. The average molecular weight is 174 g/mol. The maximum atomic E-state index is 10.4. The van der Waals surface area contributed by atoms with E-state index in [0.29, 0.717) is 5.56 Å². The van der Waals surface area contributed by atoms with Crippen molar-refractivity contribution in [2.45, 2.75) is 0 Å². The molecule has 0 aliphatic carbocycles. The minimum absolute atomic E-state index is 0.708. The Kier molecular flexibility index (Phi) is 2.08. The Bertz CT molecular complexity index is 329. The SMILES string of the molecule is O=Cc1ccc(N2C=NCC2)cc1. The maximum Gasteiger partial charge on any atom is 0.150 e. The van der Waals surface area contributed by atoms with Crippen molar-refractivity contribution in [3.8, 4) is 0 Å². The van der Waals surface area contributed by atoms with Crippen LogP contribution in [0.1, 0.15) is 10.4 Å². The monoisotopic (exact) mass is 174 g/mol. The summed E-state index contributed by atoms with van der Waals surface area (Å²) in [6.07, 6.45) is 2.68. The first-order chi connectivity index (χ1) is 6.40. The van der Waals surface area contributed by atoms with Crippen LogP contribution in [0, 0.1) is 0 Å². The van der Waals surface area contributed by atoms with E-state index in [2.05, 4.69) is 9.89 Å². The second-order valence-electron chi connectivity index (χ2n) is 2.92. The number of anilines is 1. The smallest absolute Gasteiger partial charge is 0.150 e. The van der Waals surface area contributed by atoms with Crippen molar-refractivity contribution >= 4 is 18.3 Å². The predicted molar refractivity (Wildman–Crippen MR) is 52.5 cm³/mol. The lowest BCUT2D eigenvalue weighted by molar-refractivity contribution is 0.112. The van der Waals surface area contributed by atoms with Gasteiger partial charge in [0.2, 0.25) is 0 Å². The Morgan fingerprint density at radius 3 is 2.62 bits per heavy atom. The van der Waals surface area contributed by atoms with Crippen LogP contribution in [0.5, 0.6) is 0 Å². The summed E-state index contributed by atoms with van der Waals surface area (Å²) in [5, 5.41) is 0. The van der Waals surface area contributed by atoms with Gasteiger partial charge in [-0.3, -0.25) is 9.79 Å². The molecule has 0 aromatic heterocycles. The summed E-state index contributed by atoms with van der Waals surface area (Å²) in [5.74, 6) is 0. The lowest BCUT2D eigenvalue weighted by Gasteiger charge is -2.13. The third-order valence-electron chi connectivity index (χ3n) is 2.05. The Morgan fingerprint density at radius 1 is 1.31 bits per heavy atom. The molecular weight excluding hydrogens is 164 g/mol. The Balaban J connectivity index is 2.21. The number of aliphatic imine (C=N–C) groups is 1. The van der Waals surface area contributed by atoms with Gasteiger partial charge in [0.25, 0.3) is 0 Å². The maximum absolute atomic E-state index is 10.4. The topological polar surface area (TPSA) is 32.7 Å². The second kappa shape index (κ2) is 3.39. The quantitative estimate of drug-likeness (QED) is 0.634. The first kappa shape index (κ1) is 7.98. The Hall–Kier alpha value is -1.64. The molecule has 1 aromatic rings. The highest BCUT2D eigenvalue weighted by Gasteiger charge is 2.06. The molecule has 1 aromatic carbocycles. The zero-order chi connectivity index (χ0) is 9.10. The summed E-state index contributed by atoms with van der Waals surface area (Å²) in [6, 6.07) is 7.49. The molecule has 13 heavy (non-hydrogen) atoms. The molecule has 0 unspecified atom stereocenters. The molecule has 0 atom stereocenters. The lowest BCUT2D eigenvalue weighted by Crippen LogP contribution is -2.17. The van der Waals surface area contributed by atoms with Crippen LogP contribution in [-0.2, 0) is 0 Å². The highest BCUT2D eigenvalue weighted by molar-refractivity contribution is 5.82. The summed E-state index contributed by atoms with van der Waals surface area (Å²) in [6.45, 7) is 1.79. The summed E-state index contributed by atoms with van der Waals surface area (Å²) < 4.78 is 0. The molecule has 0 radical (unpaired) electrons. The van der Waals surface area contributed by atoms with Crippen LogP contribution >= 0.6 is 0 Å². The number of hydrogen-bond donors (Lipinski definition) is 0. The van der Waals surface area contributed by atoms with Crippen molar-refractivity contribution in [3.05, 3.63) is 29.8 Å². The van der Waals surface area contributed by atoms with E-state index in [-0.39, 0.29) is 0 Å². The first-order valence-corrected chi connectivity index (χ1v) is 4.22. The van der Waals surface area contributed by atoms with Crippen molar-refractivity contribution < 1.29 is 4.79 Å². The molecule has 0 saturated heterocycles. The molecule has 2 rings (SSSR count). The first-order valence-electron chi connectivity index (χ1n) is 4.22. The predicted octanol–water partition coefficient (Wildman–Crippen LogP) is 1.35. The van der Waals surface area contributed by atoms with Crippen LogP contribution in [0.2, 0.25) is 0 Å². The van der Waals surface area contributed by atoms with Gasteiger partial charge < -0.3 is 4.90 Å². The normalized spacial score (nSPS) is 14.9. The fourth-order valence-corrected chi connectivity index (χ4v) is 1.32. The molecule has 3 nitrogen and oxygen atoms in total. The van der Waals surface area contributed by atoms with E-state index in [9.17, 15) is 4.79 Å². The zero-order valence-electron chi connectivity index (χ0n) is 7.18. The van der Waals surface area contributed by atoms with E-state index in [1.807, 2.05) is 30.6 Å². The van der Waals surface area contributed by atoms with Gasteiger partial charge in [-0.15, -0.1) is 0 Å². The van der Waals surface area contributed by atoms with Gasteiger partial charge in [0.05, 0.1) is 12.9 Å². The van der Waals surface area contributed by atoms with Crippen LogP contribution in [0.15, 0.2) is 29.3 Å². The van der Waals surface area contributed by atoms with Crippen LogP contribution < -0.4 is 4.90 Å². The van der Waals surface area contributed by atoms with Gasteiger partial charge in [-0.2, -0.15) is 0 Å². The third-order valence-corrected chi connectivity index (χ3v) is 2.05. The van der Waals surface area contributed by atoms with Crippen molar-refractivity contribution in [2.75, 3.05) is 18.0 Å². The molecule has 0 fully saturated rings. The van der Waals surface area contributed by atoms with Crippen LogP contribution in [0.25, 0.3) is 0 Å². The fraction of sp³-hybridized carbons (Fsp3) is 0.200. The Morgan fingerprint density at radius 2 is 2.08 bits per heavy atom. The van der Waals surface area contributed by atoms with Gasteiger partial charge in [-0.05, 0) is 24.3 Å². The highest BCUT2D eigenvalue weighted by atomic mass is 16.1. The fourth-order valence-electron chi connectivity index (χ4n) is 1.32. The molecule has 1 heterocycles. The number of nitrogens with zero attached hydrogens (tertiary/aromatic N) is 2. The molecule has 0 saturated carbocycles. The number of rotatable bonds is 2. The van der Waals surface area contributed by atoms with Gasteiger partial charge in [0.15, 0.2) is 0 Å². The van der Waals surface area contributed by atoms with E-state index in [1.165, 1.54) is 0 Å². The van der Waals surface area contributed by atoms with Gasteiger partial charge in [0, 0.05) is 17.8 Å². The molecule has 3 heteroatoms. The van der Waals surface area contributed by atoms with Crippen molar-refractivity contribution in [3.63, 3.8) is 0 Å². The standard InChI is InChI=1S/C10H10N2O/c13-7-9-1-3-10(4-2-9)12-6-5-11-8-12/h1-4,7-8H,5-6H2. The number of aldehydes is 1. The third kappa shape index (κ3) is 1.59. The number of hydrogen-bond acceptors (Lipinski definition) is 3. The largest absolute Gasteiger partial charge is 0.331 e. The average Bonchev–Trinajstić information content (AvgIpc) is 2.71. The van der Waals surface area contributed by atoms with Crippen LogP contribution in [0.3, 0.4) is 0 Å². The molecule has 0 bridgehead atoms. The van der Waals surface area contributed by atoms with Crippen LogP contribution in [0.4, 0.5) is 5.69 Å². The minimum Gasteiger partial charge on any atom is -0.331 e. The molecule has 1 aliphatic rings. The summed E-state index contributed by atoms with van der Waals surface area (Å²) in [5.41, 5.74) is 1.80. The highest BCUT2D eigenvalue weighted by Crippen LogP contribution is 2.14. The van der Waals surface area contributed by atoms with Crippen molar-refractivity contribution in [1.82, 2.24) is 0 Å². The number of carbonyl (C=O) groups excluding carboxylic acids is 1. The summed E-state index contributed by atoms with van der Waals surface area (Å²) in [7, 11) is 0. The number of carbonyl (C=O) groups is 1. The zero-order valence-corrected chi connectivity index (χ0v) is 7.18. The lowest BCUT2D eigenvalue weighted by atomic mass is 10.2. The molecule has 0 N–H and O–H groups in total. The summed E-state index contributed by atoms with van der Waals surface area (Å²) >= 11 is 0. The molecule has 1 aliphatic heterocycles. The van der Waals surface area contributed by atoms with Crippen LogP contribution in [-0.4, -0.2) is 25.7 Å². The molecular formula is C10H10N2O. The Labute approximate surface area is 76.7 Å². The minimum atomic E-state index is 0.708. The second-order valence-corrected chi connectivity index (χ2v) is 2.92. The van der Waals surface area contributed by atoms with E-state index >= 15 is 0 Å². The van der Waals surface area contributed by atoms with E-state index in [4.69, 9.17) is 0 Å². The van der Waals surface area contributed by atoms with Gasteiger partial charge in [0.1, 0.15) is 6.29 Å².